The first-order valence-corrected chi connectivity index (χ1v) is 7.60. The Bertz CT molecular complexity index is 696. The molecule has 2 rings (SSSR count). The Morgan fingerprint density at radius 1 is 0.917 bits per heavy atom. The number of nitrogens with zero attached hydrogens (tertiary/aromatic N) is 1. The molecule has 0 atom stereocenters. The molecule has 0 bridgehead atoms. The highest BCUT2D eigenvalue weighted by Crippen LogP contribution is 2.18. The van der Waals surface area contributed by atoms with Crippen molar-refractivity contribution in [3.05, 3.63) is 42.6 Å². The van der Waals surface area contributed by atoms with E-state index < -0.39 is 0 Å². The lowest BCUT2D eigenvalue weighted by Gasteiger charge is -2.11. The monoisotopic (exact) mass is 327 g/mol. The zero-order chi connectivity index (χ0) is 17.5. The van der Waals surface area contributed by atoms with Gasteiger partial charge in [0.2, 0.25) is 5.91 Å². The van der Waals surface area contributed by atoms with Gasteiger partial charge in [-0.25, -0.2) is 9.78 Å². The zero-order valence-electron chi connectivity index (χ0n) is 13.9. The van der Waals surface area contributed by atoms with Crippen LogP contribution in [0.25, 0.3) is 0 Å². The minimum atomic E-state index is -0.263. The molecule has 0 aliphatic heterocycles. The highest BCUT2D eigenvalue weighted by atomic mass is 16.2. The fourth-order valence-electron chi connectivity index (χ4n) is 1.96. The Morgan fingerprint density at radius 2 is 1.54 bits per heavy atom. The third-order valence-corrected chi connectivity index (χ3v) is 2.92. The standard InChI is InChI=1S/C17H21N5O2/c1-11(2)19-17(24)22-15-8-9-16(18-10-15)21-14-6-4-13(5-7-14)20-12(3)23/h4-11H,1-3H3,(H,18,21)(H,20,23)(H2,19,22,24). The summed E-state index contributed by atoms with van der Waals surface area (Å²) < 4.78 is 0. The van der Waals surface area contributed by atoms with Crippen molar-refractivity contribution in [3.8, 4) is 0 Å². The number of nitrogens with one attached hydrogen (secondary N) is 4. The van der Waals surface area contributed by atoms with E-state index in [9.17, 15) is 9.59 Å². The number of carbonyl (C=O) groups excluding carboxylic acids is 2. The molecule has 0 aliphatic carbocycles. The molecule has 7 heteroatoms. The third kappa shape index (κ3) is 5.60. The Kier molecular flexibility index (Phi) is 5.73. The van der Waals surface area contributed by atoms with Crippen molar-refractivity contribution >= 4 is 34.8 Å². The summed E-state index contributed by atoms with van der Waals surface area (Å²) in [7, 11) is 0. The molecule has 2 aromatic rings. The number of benzene rings is 1. The SMILES string of the molecule is CC(=O)Nc1ccc(Nc2ccc(NC(=O)NC(C)C)cn2)cc1. The fourth-order valence-corrected chi connectivity index (χ4v) is 1.96. The smallest absolute Gasteiger partial charge is 0.319 e. The molecular weight excluding hydrogens is 306 g/mol. The van der Waals surface area contributed by atoms with Gasteiger partial charge < -0.3 is 21.3 Å². The number of hydrogen-bond acceptors (Lipinski definition) is 4. The summed E-state index contributed by atoms with van der Waals surface area (Å²) in [4.78, 5) is 26.9. The van der Waals surface area contributed by atoms with E-state index in [1.165, 1.54) is 6.92 Å². The van der Waals surface area contributed by atoms with Crippen molar-refractivity contribution in [2.75, 3.05) is 16.0 Å². The van der Waals surface area contributed by atoms with Crippen molar-refractivity contribution in [2.45, 2.75) is 26.8 Å². The molecule has 1 heterocycles. The Morgan fingerprint density at radius 3 is 2.08 bits per heavy atom. The lowest BCUT2D eigenvalue weighted by Crippen LogP contribution is -2.34. The van der Waals surface area contributed by atoms with Crippen LogP contribution in [0.2, 0.25) is 0 Å². The summed E-state index contributed by atoms with van der Waals surface area (Å²) in [6.45, 7) is 5.25. The van der Waals surface area contributed by atoms with E-state index in [1.54, 1.807) is 30.5 Å². The van der Waals surface area contributed by atoms with E-state index in [2.05, 4.69) is 26.3 Å². The fraction of sp³-hybridized carbons (Fsp3) is 0.235. The molecule has 4 N–H and O–H groups in total. The molecule has 0 aliphatic rings. The van der Waals surface area contributed by atoms with Crippen LogP contribution in [0.15, 0.2) is 42.6 Å². The number of anilines is 4. The van der Waals surface area contributed by atoms with E-state index in [0.29, 0.717) is 11.5 Å². The van der Waals surface area contributed by atoms with E-state index in [-0.39, 0.29) is 18.0 Å². The second-order valence-corrected chi connectivity index (χ2v) is 5.57. The molecule has 0 spiro atoms. The Balaban J connectivity index is 1.93. The van der Waals surface area contributed by atoms with Gasteiger partial charge in [0.05, 0.1) is 11.9 Å². The summed E-state index contributed by atoms with van der Waals surface area (Å²) in [6, 6.07) is 10.6. The second kappa shape index (κ2) is 7.96. The van der Waals surface area contributed by atoms with Gasteiger partial charge in [0.25, 0.3) is 0 Å². The summed E-state index contributed by atoms with van der Waals surface area (Å²) in [6.07, 6.45) is 1.58. The average Bonchev–Trinajstić information content (AvgIpc) is 2.50. The first kappa shape index (κ1) is 17.3. The van der Waals surface area contributed by atoms with Crippen LogP contribution < -0.4 is 21.3 Å². The van der Waals surface area contributed by atoms with Crippen LogP contribution in [0.3, 0.4) is 0 Å². The number of carbonyl (C=O) groups is 2. The topological polar surface area (TPSA) is 95.2 Å². The Labute approximate surface area is 140 Å². The minimum Gasteiger partial charge on any atom is -0.340 e. The number of rotatable bonds is 5. The summed E-state index contributed by atoms with van der Waals surface area (Å²) >= 11 is 0. The van der Waals surface area contributed by atoms with Gasteiger partial charge in [-0.3, -0.25) is 4.79 Å². The molecule has 24 heavy (non-hydrogen) atoms. The van der Waals surface area contributed by atoms with E-state index in [4.69, 9.17) is 0 Å². The van der Waals surface area contributed by atoms with Crippen LogP contribution in [-0.2, 0) is 4.79 Å². The highest BCUT2D eigenvalue weighted by Gasteiger charge is 2.04. The highest BCUT2D eigenvalue weighted by molar-refractivity contribution is 5.89. The molecule has 0 fully saturated rings. The number of aromatic nitrogens is 1. The van der Waals surface area contributed by atoms with Gasteiger partial charge in [-0.1, -0.05) is 0 Å². The van der Waals surface area contributed by atoms with E-state index in [1.807, 2.05) is 26.0 Å². The number of hydrogen-bond donors (Lipinski definition) is 4. The van der Waals surface area contributed by atoms with Gasteiger partial charge in [0, 0.05) is 24.3 Å². The summed E-state index contributed by atoms with van der Waals surface area (Å²) in [5, 5.41) is 11.3. The zero-order valence-corrected chi connectivity index (χ0v) is 13.9. The molecule has 7 nitrogen and oxygen atoms in total. The normalized spacial score (nSPS) is 10.2. The molecule has 126 valence electrons. The maximum atomic E-state index is 11.6. The van der Waals surface area contributed by atoms with Gasteiger partial charge in [-0.2, -0.15) is 0 Å². The van der Waals surface area contributed by atoms with Gasteiger partial charge in [-0.05, 0) is 50.2 Å². The van der Waals surface area contributed by atoms with Crippen molar-refractivity contribution < 1.29 is 9.59 Å². The minimum absolute atomic E-state index is 0.0689. The van der Waals surface area contributed by atoms with Gasteiger partial charge >= 0.3 is 6.03 Å². The number of urea groups is 1. The molecule has 1 aromatic heterocycles. The predicted octanol–water partition coefficient (Wildman–Crippen LogP) is 3.31. The van der Waals surface area contributed by atoms with Crippen molar-refractivity contribution in [2.24, 2.45) is 0 Å². The van der Waals surface area contributed by atoms with Gasteiger partial charge in [0.1, 0.15) is 5.82 Å². The largest absolute Gasteiger partial charge is 0.340 e. The number of pyridine rings is 1. The third-order valence-electron chi connectivity index (χ3n) is 2.92. The maximum absolute atomic E-state index is 11.6. The van der Waals surface area contributed by atoms with Crippen LogP contribution in [0.1, 0.15) is 20.8 Å². The average molecular weight is 327 g/mol. The lowest BCUT2D eigenvalue weighted by molar-refractivity contribution is -0.114. The molecule has 1 aromatic carbocycles. The van der Waals surface area contributed by atoms with Crippen LogP contribution in [0.5, 0.6) is 0 Å². The van der Waals surface area contributed by atoms with Crippen LogP contribution in [0.4, 0.5) is 27.7 Å². The van der Waals surface area contributed by atoms with Gasteiger partial charge in [-0.15, -0.1) is 0 Å². The summed E-state index contributed by atoms with van der Waals surface area (Å²) in [5.41, 5.74) is 2.19. The lowest BCUT2D eigenvalue weighted by atomic mass is 10.2. The quantitative estimate of drug-likeness (QED) is 0.677. The molecular formula is C17H21N5O2. The van der Waals surface area contributed by atoms with E-state index >= 15 is 0 Å². The van der Waals surface area contributed by atoms with Crippen molar-refractivity contribution in [1.29, 1.82) is 0 Å². The molecule has 0 radical (unpaired) electrons. The van der Waals surface area contributed by atoms with Crippen molar-refractivity contribution in [1.82, 2.24) is 10.3 Å². The van der Waals surface area contributed by atoms with E-state index in [0.717, 1.165) is 11.4 Å². The van der Waals surface area contributed by atoms with Crippen LogP contribution >= 0.6 is 0 Å². The maximum Gasteiger partial charge on any atom is 0.319 e. The van der Waals surface area contributed by atoms with Crippen LogP contribution in [-0.4, -0.2) is 23.0 Å². The predicted molar refractivity (Wildman–Crippen MR) is 95.6 cm³/mol. The second-order valence-electron chi connectivity index (χ2n) is 5.57. The molecule has 3 amide bonds. The molecule has 0 unspecified atom stereocenters. The van der Waals surface area contributed by atoms with Crippen molar-refractivity contribution in [3.63, 3.8) is 0 Å². The molecule has 0 saturated heterocycles. The molecule has 0 saturated carbocycles. The van der Waals surface area contributed by atoms with Gasteiger partial charge in [0.15, 0.2) is 0 Å². The Hall–Kier alpha value is -3.09. The number of amides is 3. The van der Waals surface area contributed by atoms with Crippen LogP contribution in [0, 0.1) is 0 Å². The summed E-state index contributed by atoms with van der Waals surface area (Å²) in [5.74, 6) is 0.541. The first-order valence-electron chi connectivity index (χ1n) is 7.60. The first-order chi connectivity index (χ1) is 11.4.